The molecule has 0 aliphatic carbocycles. The largest absolute Gasteiger partial charge is 0.364 e. The van der Waals surface area contributed by atoms with Gasteiger partial charge in [-0.2, -0.15) is 0 Å². The fourth-order valence-corrected chi connectivity index (χ4v) is 1.91. The predicted molar refractivity (Wildman–Crippen MR) is 61.7 cm³/mol. The molecule has 0 spiro atoms. The van der Waals surface area contributed by atoms with Crippen LogP contribution in [0.2, 0.25) is 0 Å². The lowest BCUT2D eigenvalue weighted by Gasteiger charge is -2.48. The van der Waals surface area contributed by atoms with Gasteiger partial charge >= 0.3 is 0 Å². The van der Waals surface area contributed by atoms with E-state index in [0.717, 1.165) is 13.0 Å². The summed E-state index contributed by atoms with van der Waals surface area (Å²) in [4.78, 5) is 2.31. The number of morpholine rings is 1. The number of rotatable bonds is 2. The lowest BCUT2D eigenvalue weighted by Crippen LogP contribution is -2.60. The molecule has 1 aliphatic rings. The van der Waals surface area contributed by atoms with Crippen LogP contribution in [0.3, 0.4) is 0 Å². The summed E-state index contributed by atoms with van der Waals surface area (Å²) >= 11 is 0. The van der Waals surface area contributed by atoms with Crippen molar-refractivity contribution >= 4 is 0 Å². The number of hydrogen-bond donors (Lipinski definition) is 1. The van der Waals surface area contributed by atoms with Crippen molar-refractivity contribution in [1.82, 2.24) is 4.90 Å². The Morgan fingerprint density at radius 3 is 2.40 bits per heavy atom. The minimum absolute atomic E-state index is 0.0976. The highest BCUT2D eigenvalue weighted by Gasteiger charge is 2.40. The van der Waals surface area contributed by atoms with Crippen molar-refractivity contribution in [3.05, 3.63) is 0 Å². The smallest absolute Gasteiger partial charge is 0.178 e. The van der Waals surface area contributed by atoms with Gasteiger partial charge in [0.2, 0.25) is 0 Å². The molecule has 1 heterocycles. The van der Waals surface area contributed by atoms with E-state index in [4.69, 9.17) is 4.74 Å². The molecule has 90 valence electrons. The molecule has 2 atom stereocenters. The van der Waals surface area contributed by atoms with Crippen molar-refractivity contribution < 1.29 is 9.84 Å². The van der Waals surface area contributed by atoms with Gasteiger partial charge in [0.1, 0.15) is 0 Å². The lowest BCUT2D eigenvalue weighted by molar-refractivity contribution is -0.277. The number of hydrogen-bond acceptors (Lipinski definition) is 3. The van der Waals surface area contributed by atoms with Crippen LogP contribution in [0.15, 0.2) is 0 Å². The van der Waals surface area contributed by atoms with Crippen LogP contribution in [0.4, 0.5) is 0 Å². The molecule has 0 aromatic heterocycles. The third kappa shape index (κ3) is 3.16. The quantitative estimate of drug-likeness (QED) is 0.764. The molecular weight excluding hydrogens is 190 g/mol. The first kappa shape index (κ1) is 12.9. The van der Waals surface area contributed by atoms with Crippen LogP contribution < -0.4 is 0 Å². The average Bonchev–Trinajstić information content (AvgIpc) is 2.15. The van der Waals surface area contributed by atoms with E-state index in [9.17, 15) is 5.11 Å². The molecule has 0 aromatic rings. The molecule has 1 N–H and O–H groups in total. The number of ether oxygens (including phenoxy) is 1. The van der Waals surface area contributed by atoms with E-state index < -0.39 is 5.79 Å². The monoisotopic (exact) mass is 215 g/mol. The molecule has 1 rings (SSSR count). The third-order valence-corrected chi connectivity index (χ3v) is 3.20. The fourth-order valence-electron chi connectivity index (χ4n) is 1.91. The summed E-state index contributed by atoms with van der Waals surface area (Å²) in [5.74, 6) is -0.952. The van der Waals surface area contributed by atoms with Crippen LogP contribution in [0.1, 0.15) is 47.5 Å². The predicted octanol–water partition coefficient (Wildman–Crippen LogP) is 1.99. The van der Waals surface area contributed by atoms with E-state index in [1.54, 1.807) is 0 Å². The van der Waals surface area contributed by atoms with E-state index in [-0.39, 0.29) is 11.6 Å². The van der Waals surface area contributed by atoms with Gasteiger partial charge in [0.05, 0.1) is 12.6 Å². The zero-order valence-corrected chi connectivity index (χ0v) is 10.7. The summed E-state index contributed by atoms with van der Waals surface area (Å²) in [6.07, 6.45) is 1.76. The van der Waals surface area contributed by atoms with Gasteiger partial charge < -0.3 is 9.84 Å². The molecule has 3 heteroatoms. The van der Waals surface area contributed by atoms with Crippen molar-refractivity contribution in [1.29, 1.82) is 0 Å². The van der Waals surface area contributed by atoms with E-state index in [2.05, 4.69) is 32.6 Å². The van der Waals surface area contributed by atoms with Gasteiger partial charge in [-0.05, 0) is 33.6 Å². The second-order valence-corrected chi connectivity index (χ2v) is 5.50. The van der Waals surface area contributed by atoms with E-state index in [1.807, 2.05) is 6.92 Å². The first-order valence-electron chi connectivity index (χ1n) is 5.96. The van der Waals surface area contributed by atoms with Gasteiger partial charge in [0, 0.05) is 12.1 Å². The molecule has 1 fully saturated rings. The highest BCUT2D eigenvalue weighted by atomic mass is 16.6. The first-order chi connectivity index (χ1) is 6.80. The van der Waals surface area contributed by atoms with Crippen molar-refractivity contribution in [2.75, 3.05) is 13.1 Å². The zero-order chi connectivity index (χ0) is 11.7. The molecule has 0 saturated carbocycles. The Hall–Kier alpha value is -0.120. The minimum Gasteiger partial charge on any atom is -0.364 e. The van der Waals surface area contributed by atoms with Gasteiger partial charge in [-0.15, -0.1) is 0 Å². The van der Waals surface area contributed by atoms with Crippen LogP contribution in [0, 0.1) is 0 Å². The summed E-state index contributed by atoms with van der Waals surface area (Å²) in [7, 11) is 0. The SMILES string of the molecule is CCC1CN(C(C)(C)C)CC(O)(CC)O1. The molecule has 0 bridgehead atoms. The molecule has 0 radical (unpaired) electrons. The highest BCUT2D eigenvalue weighted by molar-refractivity contribution is 4.88. The Kier molecular flexibility index (Phi) is 3.80. The summed E-state index contributed by atoms with van der Waals surface area (Å²) in [5.41, 5.74) is 0.0976. The van der Waals surface area contributed by atoms with Crippen LogP contribution in [-0.2, 0) is 4.74 Å². The van der Waals surface area contributed by atoms with Crippen molar-refractivity contribution in [3.8, 4) is 0 Å². The molecule has 15 heavy (non-hydrogen) atoms. The van der Waals surface area contributed by atoms with E-state index in [0.29, 0.717) is 13.0 Å². The number of β-amino-alcohol motifs (C(OH)–C–C–N with tert-alkyl or cyclic N) is 1. The summed E-state index contributed by atoms with van der Waals surface area (Å²) in [6, 6.07) is 0. The Balaban J connectivity index is 2.76. The summed E-state index contributed by atoms with van der Waals surface area (Å²) in [5, 5.41) is 10.3. The maximum absolute atomic E-state index is 10.3. The molecule has 3 nitrogen and oxygen atoms in total. The molecule has 1 saturated heterocycles. The van der Waals surface area contributed by atoms with Crippen molar-refractivity contribution in [2.24, 2.45) is 0 Å². The molecule has 0 amide bonds. The van der Waals surface area contributed by atoms with Crippen LogP contribution >= 0.6 is 0 Å². The van der Waals surface area contributed by atoms with Crippen LogP contribution in [0.25, 0.3) is 0 Å². The Morgan fingerprint density at radius 1 is 1.40 bits per heavy atom. The maximum Gasteiger partial charge on any atom is 0.178 e. The minimum atomic E-state index is -0.952. The Morgan fingerprint density at radius 2 is 2.00 bits per heavy atom. The second-order valence-electron chi connectivity index (χ2n) is 5.50. The first-order valence-corrected chi connectivity index (χ1v) is 5.96. The average molecular weight is 215 g/mol. The van der Waals surface area contributed by atoms with Gasteiger partial charge in [-0.25, -0.2) is 0 Å². The van der Waals surface area contributed by atoms with Crippen molar-refractivity contribution in [2.45, 2.75) is 64.9 Å². The van der Waals surface area contributed by atoms with Gasteiger partial charge in [0.25, 0.3) is 0 Å². The van der Waals surface area contributed by atoms with Gasteiger partial charge in [-0.1, -0.05) is 13.8 Å². The standard InChI is InChI=1S/C12H25NO2/c1-6-10-8-13(11(3,4)5)9-12(14,7-2)15-10/h10,14H,6-9H2,1-5H3. The normalized spacial score (nSPS) is 34.4. The lowest BCUT2D eigenvalue weighted by atomic mass is 10.00. The van der Waals surface area contributed by atoms with Gasteiger partial charge in [0.15, 0.2) is 5.79 Å². The number of nitrogens with zero attached hydrogens (tertiary/aromatic N) is 1. The highest BCUT2D eigenvalue weighted by Crippen LogP contribution is 2.28. The third-order valence-electron chi connectivity index (χ3n) is 3.20. The van der Waals surface area contributed by atoms with Crippen molar-refractivity contribution in [3.63, 3.8) is 0 Å². The Bertz CT molecular complexity index is 212. The Labute approximate surface area is 93.4 Å². The molecular formula is C12H25NO2. The topological polar surface area (TPSA) is 32.7 Å². The van der Waals surface area contributed by atoms with E-state index in [1.165, 1.54) is 0 Å². The summed E-state index contributed by atoms with van der Waals surface area (Å²) in [6.45, 7) is 12.2. The number of aliphatic hydroxyl groups is 1. The van der Waals surface area contributed by atoms with Gasteiger partial charge in [-0.3, -0.25) is 4.90 Å². The zero-order valence-electron chi connectivity index (χ0n) is 10.7. The van der Waals surface area contributed by atoms with Crippen LogP contribution in [0.5, 0.6) is 0 Å². The molecule has 0 aromatic carbocycles. The van der Waals surface area contributed by atoms with Crippen LogP contribution in [-0.4, -0.2) is 40.5 Å². The summed E-state index contributed by atoms with van der Waals surface area (Å²) < 4.78 is 5.71. The van der Waals surface area contributed by atoms with E-state index >= 15 is 0 Å². The second kappa shape index (κ2) is 4.40. The molecule has 1 aliphatic heterocycles. The molecule has 2 unspecified atom stereocenters. The maximum atomic E-state index is 10.3. The fraction of sp³-hybridized carbons (Fsp3) is 1.00.